The number of halogens is 4. The fourth-order valence-corrected chi connectivity index (χ4v) is 3.58. The van der Waals surface area contributed by atoms with E-state index in [0.717, 1.165) is 18.2 Å². The van der Waals surface area contributed by atoms with Crippen LogP contribution in [-0.4, -0.2) is 38.7 Å². The molecule has 9 heteroatoms. The summed E-state index contributed by atoms with van der Waals surface area (Å²) < 4.78 is 52.5. The molecular weight excluding hydrogens is 388 g/mol. The van der Waals surface area contributed by atoms with E-state index >= 15 is 0 Å². The summed E-state index contributed by atoms with van der Waals surface area (Å²) in [5.74, 6) is -0.433. The van der Waals surface area contributed by atoms with Crippen LogP contribution in [-0.2, 0) is 16.5 Å². The van der Waals surface area contributed by atoms with Gasteiger partial charge < -0.3 is 4.90 Å². The van der Waals surface area contributed by atoms with Crippen molar-refractivity contribution < 1.29 is 22.4 Å². The smallest absolute Gasteiger partial charge is 0.334 e. The van der Waals surface area contributed by atoms with Crippen molar-refractivity contribution in [2.24, 2.45) is 0 Å². The first kappa shape index (κ1) is 19.1. The van der Waals surface area contributed by atoms with Crippen LogP contribution in [0.25, 0.3) is 22.3 Å². The van der Waals surface area contributed by atoms with E-state index in [4.69, 9.17) is 0 Å². The molecule has 1 aliphatic heterocycles. The predicted octanol–water partition coefficient (Wildman–Crippen LogP) is 4.16. The van der Waals surface area contributed by atoms with Crippen LogP contribution in [0.1, 0.15) is 12.5 Å². The first-order valence-corrected chi connectivity index (χ1v) is 8.80. The molecule has 150 valence electrons. The highest BCUT2D eigenvalue weighted by molar-refractivity contribution is 5.92. The van der Waals surface area contributed by atoms with Crippen LogP contribution in [0.3, 0.4) is 0 Å². The maximum atomic E-state index is 12.9. The van der Waals surface area contributed by atoms with Crippen LogP contribution in [0.4, 0.5) is 17.6 Å². The lowest BCUT2D eigenvalue weighted by atomic mass is 9.92. The first-order chi connectivity index (χ1) is 13.7. The van der Waals surface area contributed by atoms with Crippen molar-refractivity contribution in [2.75, 3.05) is 13.1 Å². The van der Waals surface area contributed by atoms with Crippen molar-refractivity contribution >= 4 is 16.9 Å². The number of hydrogen-bond acceptors (Lipinski definition) is 3. The van der Waals surface area contributed by atoms with E-state index < -0.39 is 23.2 Å². The Balaban J connectivity index is 1.73. The molecule has 3 heterocycles. The standard InChI is InChI=1S/C20H16F4N4O/c1-19(11-27(12-19)16(29)8-9-21)28-18-15(3-2-10-25-18)17(26-28)13-4-6-14(7-5-13)20(22,23)24/h2-10H,11-12H2,1H3. The van der Waals surface area contributed by atoms with E-state index in [1.54, 1.807) is 23.0 Å². The number of carbonyl (C=O) groups is 1. The number of amides is 1. The molecule has 1 aromatic carbocycles. The van der Waals surface area contributed by atoms with Crippen LogP contribution in [0.2, 0.25) is 0 Å². The number of aromatic nitrogens is 3. The molecule has 0 spiro atoms. The SMILES string of the molecule is CC1(n2nc(-c3ccc(C(F)(F)F)cc3)c3cccnc32)CN(C(=O)C=CF)C1. The molecule has 1 aliphatic rings. The van der Waals surface area contributed by atoms with Crippen molar-refractivity contribution in [1.82, 2.24) is 19.7 Å². The highest BCUT2D eigenvalue weighted by Gasteiger charge is 2.44. The van der Waals surface area contributed by atoms with Crippen molar-refractivity contribution in [3.05, 3.63) is 60.6 Å². The van der Waals surface area contributed by atoms with Gasteiger partial charge in [0, 0.05) is 36.3 Å². The van der Waals surface area contributed by atoms with Gasteiger partial charge in [-0.05, 0) is 31.2 Å². The van der Waals surface area contributed by atoms with Crippen LogP contribution >= 0.6 is 0 Å². The fraction of sp³-hybridized carbons (Fsp3) is 0.250. The van der Waals surface area contributed by atoms with E-state index in [0.29, 0.717) is 35.4 Å². The molecule has 0 saturated carbocycles. The number of nitrogens with zero attached hydrogens (tertiary/aromatic N) is 4. The number of pyridine rings is 1. The maximum Gasteiger partial charge on any atom is 0.416 e. The zero-order valence-electron chi connectivity index (χ0n) is 15.3. The molecule has 0 N–H and O–H groups in total. The Morgan fingerprint density at radius 3 is 2.48 bits per heavy atom. The number of likely N-dealkylation sites (tertiary alicyclic amines) is 1. The summed E-state index contributed by atoms with van der Waals surface area (Å²) in [5, 5.41) is 5.32. The van der Waals surface area contributed by atoms with Gasteiger partial charge in [0.2, 0.25) is 5.91 Å². The maximum absolute atomic E-state index is 12.9. The number of carbonyl (C=O) groups excluding carboxylic acids is 1. The monoisotopic (exact) mass is 404 g/mol. The second-order valence-corrected chi connectivity index (χ2v) is 7.19. The minimum absolute atomic E-state index is 0.200. The molecule has 3 aromatic rings. The molecule has 0 aliphatic carbocycles. The zero-order chi connectivity index (χ0) is 20.8. The fourth-order valence-electron chi connectivity index (χ4n) is 3.58. The van der Waals surface area contributed by atoms with Crippen LogP contribution in [0.15, 0.2) is 55.0 Å². The summed E-state index contributed by atoms with van der Waals surface area (Å²) in [7, 11) is 0. The van der Waals surface area contributed by atoms with Gasteiger partial charge in [-0.3, -0.25) is 4.79 Å². The average Bonchev–Trinajstić information content (AvgIpc) is 3.05. The molecule has 29 heavy (non-hydrogen) atoms. The molecule has 0 radical (unpaired) electrons. The number of rotatable bonds is 3. The Hall–Kier alpha value is -3.23. The summed E-state index contributed by atoms with van der Waals surface area (Å²) in [4.78, 5) is 17.7. The van der Waals surface area contributed by atoms with Crippen LogP contribution in [0, 0.1) is 0 Å². The summed E-state index contributed by atoms with van der Waals surface area (Å²) in [6.07, 6.45) is -1.75. The second-order valence-electron chi connectivity index (χ2n) is 7.19. The molecular formula is C20H16F4N4O. The predicted molar refractivity (Wildman–Crippen MR) is 98.4 cm³/mol. The van der Waals surface area contributed by atoms with Gasteiger partial charge >= 0.3 is 6.18 Å². The molecule has 1 fully saturated rings. The van der Waals surface area contributed by atoms with Crippen LogP contribution < -0.4 is 0 Å². The molecule has 0 atom stereocenters. The number of benzene rings is 1. The van der Waals surface area contributed by atoms with E-state index in [1.165, 1.54) is 17.0 Å². The first-order valence-electron chi connectivity index (χ1n) is 8.80. The van der Waals surface area contributed by atoms with Crippen LogP contribution in [0.5, 0.6) is 0 Å². The molecule has 5 nitrogen and oxygen atoms in total. The van der Waals surface area contributed by atoms with Gasteiger partial charge in [-0.15, -0.1) is 0 Å². The van der Waals surface area contributed by atoms with Gasteiger partial charge in [-0.25, -0.2) is 14.1 Å². The highest BCUT2D eigenvalue weighted by Crippen LogP contribution is 2.36. The van der Waals surface area contributed by atoms with Gasteiger partial charge in [-0.2, -0.15) is 18.3 Å². The lowest BCUT2D eigenvalue weighted by Gasteiger charge is -2.47. The third kappa shape index (κ3) is 3.26. The lowest BCUT2D eigenvalue weighted by molar-refractivity contribution is -0.137. The van der Waals surface area contributed by atoms with Gasteiger partial charge in [-0.1, -0.05) is 12.1 Å². The van der Waals surface area contributed by atoms with Crippen molar-refractivity contribution in [1.29, 1.82) is 0 Å². The molecule has 1 amide bonds. The zero-order valence-corrected chi connectivity index (χ0v) is 15.3. The van der Waals surface area contributed by atoms with E-state index in [1.807, 2.05) is 6.92 Å². The molecule has 4 rings (SSSR count). The van der Waals surface area contributed by atoms with Gasteiger partial charge in [0.15, 0.2) is 5.65 Å². The Kier molecular flexibility index (Phi) is 4.40. The van der Waals surface area contributed by atoms with Gasteiger partial charge in [0.25, 0.3) is 0 Å². The molecule has 1 saturated heterocycles. The Morgan fingerprint density at radius 2 is 1.86 bits per heavy atom. The third-order valence-electron chi connectivity index (χ3n) is 5.02. The Bertz CT molecular complexity index is 1100. The quantitative estimate of drug-likeness (QED) is 0.487. The van der Waals surface area contributed by atoms with Crippen molar-refractivity contribution in [3.8, 4) is 11.3 Å². The minimum atomic E-state index is -4.41. The minimum Gasteiger partial charge on any atom is -0.334 e. The Morgan fingerprint density at radius 1 is 1.17 bits per heavy atom. The van der Waals surface area contributed by atoms with E-state index in [-0.39, 0.29) is 6.33 Å². The summed E-state index contributed by atoms with van der Waals surface area (Å²) in [5.41, 5.74) is 0.320. The van der Waals surface area contributed by atoms with Crippen molar-refractivity contribution in [2.45, 2.75) is 18.6 Å². The van der Waals surface area contributed by atoms with E-state index in [2.05, 4.69) is 10.1 Å². The van der Waals surface area contributed by atoms with Gasteiger partial charge in [0.1, 0.15) is 5.69 Å². The number of fused-ring (bicyclic) bond motifs is 1. The third-order valence-corrected chi connectivity index (χ3v) is 5.02. The molecule has 0 unspecified atom stereocenters. The molecule has 0 bridgehead atoms. The summed E-state index contributed by atoms with van der Waals surface area (Å²) >= 11 is 0. The lowest BCUT2D eigenvalue weighted by Crippen LogP contribution is -2.62. The summed E-state index contributed by atoms with van der Waals surface area (Å²) in [6.45, 7) is 2.53. The number of alkyl halides is 3. The number of hydrogen-bond donors (Lipinski definition) is 0. The second kappa shape index (κ2) is 6.68. The van der Waals surface area contributed by atoms with Gasteiger partial charge in [0.05, 0.1) is 17.4 Å². The highest BCUT2D eigenvalue weighted by atomic mass is 19.4. The topological polar surface area (TPSA) is 51.0 Å². The van der Waals surface area contributed by atoms with E-state index in [9.17, 15) is 22.4 Å². The summed E-state index contributed by atoms with van der Waals surface area (Å²) in [6, 6.07) is 8.33. The van der Waals surface area contributed by atoms with Crippen molar-refractivity contribution in [3.63, 3.8) is 0 Å². The largest absolute Gasteiger partial charge is 0.416 e. The average molecular weight is 404 g/mol. The molecule has 2 aromatic heterocycles. The Labute approximate surface area is 163 Å². The normalized spacial score (nSPS) is 16.4.